The van der Waals surface area contributed by atoms with E-state index < -0.39 is 5.60 Å². The molecule has 0 aliphatic heterocycles. The van der Waals surface area contributed by atoms with Crippen LogP contribution < -0.4 is 5.32 Å². The van der Waals surface area contributed by atoms with Crippen molar-refractivity contribution in [2.24, 2.45) is 5.92 Å². The average Bonchev–Trinajstić information content (AvgIpc) is 2.48. The molecule has 0 aliphatic rings. The molecule has 146 valence electrons. The fourth-order valence-corrected chi connectivity index (χ4v) is 1.90. The lowest BCUT2D eigenvalue weighted by Gasteiger charge is -2.23. The van der Waals surface area contributed by atoms with Crippen LogP contribution in [0.5, 0.6) is 0 Å². The molecular weight excluding hydrogens is 326 g/mol. The van der Waals surface area contributed by atoms with Crippen molar-refractivity contribution in [3.63, 3.8) is 0 Å². The van der Waals surface area contributed by atoms with Gasteiger partial charge in [0.25, 0.3) is 0 Å². The highest BCUT2D eigenvalue weighted by Gasteiger charge is 2.23. The zero-order chi connectivity index (χ0) is 20.3. The Morgan fingerprint density at radius 3 is 1.88 bits per heavy atom. The Morgan fingerprint density at radius 1 is 1.21 bits per heavy atom. The topological polar surface area (TPSA) is 83.5 Å². The first-order valence-electron chi connectivity index (χ1n) is 8.69. The molecule has 0 heterocycles. The Kier molecular flexibility index (Phi) is 26.0. The van der Waals surface area contributed by atoms with Crippen LogP contribution in [-0.2, 0) is 14.4 Å². The number of thiol groups is 1. The van der Waals surface area contributed by atoms with Gasteiger partial charge >= 0.3 is 0 Å². The second kappa shape index (κ2) is 20.2. The van der Waals surface area contributed by atoms with Crippen LogP contribution in [0.1, 0.15) is 81.6 Å². The van der Waals surface area contributed by atoms with Crippen molar-refractivity contribution in [2.75, 3.05) is 0 Å². The minimum atomic E-state index is -0.806. The van der Waals surface area contributed by atoms with E-state index in [2.05, 4.69) is 12.6 Å². The maximum atomic E-state index is 10.7. The third kappa shape index (κ3) is 26.0. The van der Waals surface area contributed by atoms with Gasteiger partial charge < -0.3 is 5.11 Å². The largest absolute Gasteiger partial charge is 0.390 e. The lowest BCUT2D eigenvalue weighted by atomic mass is 9.90. The molecule has 0 radical (unpaired) electrons. The van der Waals surface area contributed by atoms with Crippen LogP contribution in [0, 0.1) is 5.92 Å². The second-order valence-corrected chi connectivity index (χ2v) is 6.15. The van der Waals surface area contributed by atoms with Crippen LogP contribution in [0.15, 0.2) is 0 Å². The zero-order valence-corrected chi connectivity index (χ0v) is 17.9. The third-order valence-corrected chi connectivity index (χ3v) is 2.97. The molecule has 0 aromatic carbocycles. The van der Waals surface area contributed by atoms with E-state index in [1.807, 2.05) is 53.8 Å². The van der Waals surface area contributed by atoms with E-state index in [4.69, 9.17) is 0 Å². The van der Waals surface area contributed by atoms with E-state index in [-0.39, 0.29) is 23.4 Å². The molecule has 2 atom stereocenters. The van der Waals surface area contributed by atoms with Crippen molar-refractivity contribution >= 4 is 30.7 Å². The molecule has 0 spiro atoms. The van der Waals surface area contributed by atoms with Gasteiger partial charge in [0.15, 0.2) is 0 Å². The van der Waals surface area contributed by atoms with E-state index in [0.29, 0.717) is 25.2 Å². The third-order valence-electron chi connectivity index (χ3n) is 2.37. The number of aliphatic hydroxyl groups is 1. The Bertz CT molecular complexity index is 318. The van der Waals surface area contributed by atoms with E-state index in [0.717, 1.165) is 0 Å². The first-order valence-corrected chi connectivity index (χ1v) is 9.21. The molecule has 0 fully saturated rings. The lowest BCUT2D eigenvalue weighted by Crippen LogP contribution is -2.29. The molecule has 0 saturated carbocycles. The number of nitrogens with one attached hydrogen (secondary N) is 1. The zero-order valence-electron chi connectivity index (χ0n) is 17.0. The molecule has 0 aromatic heterocycles. The summed E-state index contributed by atoms with van der Waals surface area (Å²) in [5.41, 5.74) is -0.806. The molecule has 5 nitrogen and oxygen atoms in total. The Labute approximate surface area is 154 Å². The van der Waals surface area contributed by atoms with Gasteiger partial charge in [0.1, 0.15) is 5.78 Å². The summed E-state index contributed by atoms with van der Waals surface area (Å²) in [5, 5.41) is 11.3. The van der Waals surface area contributed by atoms with E-state index in [9.17, 15) is 19.5 Å². The Morgan fingerprint density at radius 2 is 1.62 bits per heavy atom. The number of hydrogen-bond donors (Lipinski definition) is 3. The normalized spacial score (nSPS) is 12.7. The summed E-state index contributed by atoms with van der Waals surface area (Å²) < 4.78 is 0. The molecule has 2 unspecified atom stereocenters. The van der Waals surface area contributed by atoms with Gasteiger partial charge in [-0.1, -0.05) is 48.5 Å². The van der Waals surface area contributed by atoms with E-state index in [1.165, 1.54) is 6.92 Å². The van der Waals surface area contributed by atoms with E-state index in [1.54, 1.807) is 6.92 Å². The molecule has 0 bridgehead atoms. The highest BCUT2D eigenvalue weighted by molar-refractivity contribution is 7.81. The van der Waals surface area contributed by atoms with Crippen molar-refractivity contribution in [1.29, 1.82) is 0 Å². The number of hydrogen-bond acceptors (Lipinski definition) is 5. The summed E-state index contributed by atoms with van der Waals surface area (Å²) in [7, 11) is 0. The highest BCUT2D eigenvalue weighted by atomic mass is 32.1. The highest BCUT2D eigenvalue weighted by Crippen LogP contribution is 2.19. The van der Waals surface area contributed by atoms with Crippen molar-refractivity contribution in [2.45, 2.75) is 92.4 Å². The summed E-state index contributed by atoms with van der Waals surface area (Å²) in [5.74, 6) is 0.149. The van der Waals surface area contributed by atoms with Crippen LogP contribution in [0.2, 0.25) is 0 Å². The first-order chi connectivity index (χ1) is 11.1. The Hall–Kier alpha value is -0.880. The molecule has 2 amide bonds. The number of rotatable bonds is 7. The van der Waals surface area contributed by atoms with E-state index >= 15 is 0 Å². The van der Waals surface area contributed by atoms with Crippen LogP contribution in [-0.4, -0.2) is 34.1 Å². The standard InChI is InChI=1S/C9H18O2.C5H9NO2S.2C2H6/c1-7(2)5-9(4,11)6-8(3)10;1-2-4(9)5(8)6-3-7;2*1-2/h7,11H,5-6H2,1-4H3;3-4,9H,2H2,1H3,(H,6,7,8);2*1-2H3. The number of amides is 2. The second-order valence-electron chi connectivity index (χ2n) is 5.52. The van der Waals surface area contributed by atoms with Crippen molar-refractivity contribution in [3.8, 4) is 0 Å². The van der Waals surface area contributed by atoms with Crippen LogP contribution in [0.4, 0.5) is 0 Å². The molecule has 0 rings (SSSR count). The average molecular weight is 366 g/mol. The predicted octanol–water partition coefficient (Wildman–Crippen LogP) is 3.78. The summed E-state index contributed by atoms with van der Waals surface area (Å²) in [6.07, 6.45) is 1.95. The van der Waals surface area contributed by atoms with Crippen LogP contribution in [0.25, 0.3) is 0 Å². The van der Waals surface area contributed by atoms with Gasteiger partial charge in [-0.3, -0.25) is 19.7 Å². The molecule has 0 saturated heterocycles. The number of Topliss-reactive ketones (excluding diaryl/α,β-unsaturated/α-hetero) is 1. The number of carbonyl (C=O) groups excluding carboxylic acids is 3. The van der Waals surface area contributed by atoms with Gasteiger partial charge in [0, 0.05) is 6.42 Å². The van der Waals surface area contributed by atoms with Gasteiger partial charge in [-0.25, -0.2) is 0 Å². The fraction of sp³-hybridized carbons (Fsp3) is 0.833. The summed E-state index contributed by atoms with van der Waals surface area (Å²) in [6, 6.07) is 0. The summed E-state index contributed by atoms with van der Waals surface area (Å²) in [6.45, 7) is 17.1. The molecule has 24 heavy (non-hydrogen) atoms. The monoisotopic (exact) mass is 365 g/mol. The van der Waals surface area contributed by atoms with Gasteiger partial charge in [0.2, 0.25) is 12.3 Å². The van der Waals surface area contributed by atoms with Crippen LogP contribution >= 0.6 is 12.6 Å². The number of imide groups is 1. The lowest BCUT2D eigenvalue weighted by molar-refractivity contribution is -0.125. The van der Waals surface area contributed by atoms with Crippen molar-refractivity contribution < 1.29 is 19.5 Å². The number of carbonyl (C=O) groups is 3. The van der Waals surface area contributed by atoms with Gasteiger partial charge in [-0.05, 0) is 32.6 Å². The van der Waals surface area contributed by atoms with Crippen molar-refractivity contribution in [3.05, 3.63) is 0 Å². The minimum absolute atomic E-state index is 0.0515. The molecule has 0 aliphatic carbocycles. The molecule has 0 aromatic rings. The maximum Gasteiger partial charge on any atom is 0.239 e. The minimum Gasteiger partial charge on any atom is -0.390 e. The van der Waals surface area contributed by atoms with Gasteiger partial charge in [0.05, 0.1) is 10.9 Å². The fourth-order valence-electron chi connectivity index (χ4n) is 1.83. The van der Waals surface area contributed by atoms with Crippen molar-refractivity contribution in [1.82, 2.24) is 5.32 Å². The smallest absolute Gasteiger partial charge is 0.239 e. The summed E-state index contributed by atoms with van der Waals surface area (Å²) >= 11 is 3.89. The molecular formula is C18H39NO4S. The molecule has 6 heteroatoms. The quantitative estimate of drug-likeness (QED) is 0.473. The number of ketones is 1. The maximum absolute atomic E-state index is 10.7. The predicted molar refractivity (Wildman–Crippen MR) is 105 cm³/mol. The summed E-state index contributed by atoms with van der Waals surface area (Å²) in [4.78, 5) is 30.9. The Balaban J connectivity index is -0.000000139. The first kappa shape index (κ1) is 30.9. The molecule has 2 N–H and O–H groups in total. The van der Waals surface area contributed by atoms with Gasteiger partial charge in [-0.2, -0.15) is 12.6 Å². The SMILES string of the molecule is CC.CC.CC(=O)CC(C)(O)CC(C)C.CCC(S)C(=O)NC=O. The van der Waals surface area contributed by atoms with Crippen LogP contribution in [0.3, 0.4) is 0 Å². The van der Waals surface area contributed by atoms with Gasteiger partial charge in [-0.15, -0.1) is 0 Å².